The fourth-order valence-electron chi connectivity index (χ4n) is 1.34. The van der Waals surface area contributed by atoms with Crippen molar-refractivity contribution in [3.05, 3.63) is 18.2 Å². The number of nitrogens with zero attached hydrogens (tertiary/aromatic N) is 2. The minimum atomic E-state index is 0.788. The molecule has 0 aliphatic rings. The smallest absolute Gasteiger partial charge is 0.130 e. The van der Waals surface area contributed by atoms with E-state index in [1.54, 1.807) is 7.11 Å². The predicted molar refractivity (Wildman–Crippen MR) is 63.5 cm³/mol. The minimum Gasteiger partial charge on any atom is -0.385 e. The Morgan fingerprint density at radius 1 is 1.47 bits per heavy atom. The van der Waals surface area contributed by atoms with Gasteiger partial charge in [-0.15, -0.1) is 0 Å². The summed E-state index contributed by atoms with van der Waals surface area (Å²) in [5, 5.41) is 3.03. The highest BCUT2D eigenvalue weighted by molar-refractivity contribution is 5.46. The zero-order valence-corrected chi connectivity index (χ0v) is 9.66. The molecule has 0 amide bonds. The molecule has 0 saturated carbocycles. The Morgan fingerprint density at radius 3 is 2.93 bits per heavy atom. The summed E-state index contributed by atoms with van der Waals surface area (Å²) in [6, 6.07) is 5.96. The first-order chi connectivity index (χ1) is 7.27. The molecule has 4 heteroatoms. The molecule has 1 heterocycles. The number of hydrogen-bond acceptors (Lipinski definition) is 4. The highest BCUT2D eigenvalue weighted by atomic mass is 16.5. The summed E-state index contributed by atoms with van der Waals surface area (Å²) in [7, 11) is 5.63. The molecule has 0 unspecified atom stereocenters. The standard InChI is InChI=1S/C11H19N3O/c1-12-10-6-4-7-11(13-10)14(2)8-5-9-15-3/h4,6-7H,5,8-9H2,1-3H3,(H,12,13). The van der Waals surface area contributed by atoms with E-state index in [4.69, 9.17) is 4.74 Å². The molecule has 0 saturated heterocycles. The summed E-state index contributed by atoms with van der Waals surface area (Å²) in [6.07, 6.45) is 1.01. The van der Waals surface area contributed by atoms with Gasteiger partial charge in [0, 0.05) is 34.4 Å². The van der Waals surface area contributed by atoms with E-state index in [0.29, 0.717) is 0 Å². The molecule has 1 rings (SSSR count). The maximum Gasteiger partial charge on any atom is 0.130 e. The van der Waals surface area contributed by atoms with Crippen molar-refractivity contribution >= 4 is 11.6 Å². The summed E-state index contributed by atoms with van der Waals surface area (Å²) in [5.74, 6) is 1.88. The molecular weight excluding hydrogens is 190 g/mol. The van der Waals surface area contributed by atoms with Crippen LogP contribution in [0.15, 0.2) is 18.2 Å². The second kappa shape index (κ2) is 6.24. The molecule has 0 aliphatic carbocycles. The van der Waals surface area contributed by atoms with E-state index in [2.05, 4.69) is 15.2 Å². The molecular formula is C11H19N3O. The molecule has 0 spiro atoms. The Bertz CT molecular complexity index is 291. The second-order valence-corrected chi connectivity index (χ2v) is 3.40. The largest absolute Gasteiger partial charge is 0.385 e. The van der Waals surface area contributed by atoms with Crippen molar-refractivity contribution in [2.24, 2.45) is 0 Å². The lowest BCUT2D eigenvalue weighted by Crippen LogP contribution is -2.20. The molecule has 15 heavy (non-hydrogen) atoms. The van der Waals surface area contributed by atoms with Crippen molar-refractivity contribution in [2.75, 3.05) is 44.6 Å². The quantitative estimate of drug-likeness (QED) is 0.722. The SMILES string of the molecule is CNc1cccc(N(C)CCCOC)n1. The van der Waals surface area contributed by atoms with Crippen molar-refractivity contribution in [2.45, 2.75) is 6.42 Å². The van der Waals surface area contributed by atoms with E-state index in [9.17, 15) is 0 Å². The number of methoxy groups -OCH3 is 1. The van der Waals surface area contributed by atoms with E-state index in [1.807, 2.05) is 32.3 Å². The first-order valence-corrected chi connectivity index (χ1v) is 5.13. The molecule has 84 valence electrons. The number of aromatic nitrogens is 1. The topological polar surface area (TPSA) is 37.4 Å². The van der Waals surface area contributed by atoms with Gasteiger partial charge < -0.3 is 15.0 Å². The number of nitrogens with one attached hydrogen (secondary N) is 1. The highest BCUT2D eigenvalue weighted by Crippen LogP contribution is 2.12. The molecule has 0 aromatic carbocycles. The lowest BCUT2D eigenvalue weighted by atomic mass is 10.3. The van der Waals surface area contributed by atoms with Crippen LogP contribution < -0.4 is 10.2 Å². The Labute approximate surface area is 91.3 Å². The summed E-state index contributed by atoms with van der Waals surface area (Å²) in [4.78, 5) is 6.57. The number of rotatable bonds is 6. The second-order valence-electron chi connectivity index (χ2n) is 3.40. The Kier molecular flexibility index (Phi) is 4.90. The first kappa shape index (κ1) is 11.8. The van der Waals surface area contributed by atoms with E-state index in [-0.39, 0.29) is 0 Å². The monoisotopic (exact) mass is 209 g/mol. The first-order valence-electron chi connectivity index (χ1n) is 5.13. The average molecular weight is 209 g/mol. The van der Waals surface area contributed by atoms with Crippen molar-refractivity contribution in [3.63, 3.8) is 0 Å². The van der Waals surface area contributed by atoms with Gasteiger partial charge in [0.05, 0.1) is 0 Å². The van der Waals surface area contributed by atoms with Gasteiger partial charge in [-0.3, -0.25) is 0 Å². The lowest BCUT2D eigenvalue weighted by molar-refractivity contribution is 0.196. The summed E-state index contributed by atoms with van der Waals surface area (Å²) in [5.41, 5.74) is 0. The third-order valence-electron chi connectivity index (χ3n) is 2.22. The van der Waals surface area contributed by atoms with Gasteiger partial charge in [0.2, 0.25) is 0 Å². The summed E-state index contributed by atoms with van der Waals surface area (Å²) < 4.78 is 5.01. The molecule has 0 fully saturated rings. The van der Waals surface area contributed by atoms with E-state index < -0.39 is 0 Å². The maximum absolute atomic E-state index is 5.01. The van der Waals surface area contributed by atoms with Crippen LogP contribution in [-0.4, -0.2) is 39.3 Å². The number of hydrogen-bond donors (Lipinski definition) is 1. The van der Waals surface area contributed by atoms with Crippen molar-refractivity contribution < 1.29 is 4.74 Å². The van der Waals surface area contributed by atoms with Gasteiger partial charge in [0.25, 0.3) is 0 Å². The van der Waals surface area contributed by atoms with Crippen LogP contribution in [0.2, 0.25) is 0 Å². The molecule has 1 N–H and O–H groups in total. The molecule has 0 aliphatic heterocycles. The molecule has 0 bridgehead atoms. The Balaban J connectivity index is 2.52. The zero-order chi connectivity index (χ0) is 11.1. The fraction of sp³-hybridized carbons (Fsp3) is 0.545. The van der Waals surface area contributed by atoms with Crippen LogP contribution in [0.3, 0.4) is 0 Å². The van der Waals surface area contributed by atoms with Crippen LogP contribution >= 0.6 is 0 Å². The van der Waals surface area contributed by atoms with Crippen LogP contribution in [0.5, 0.6) is 0 Å². The van der Waals surface area contributed by atoms with Crippen LogP contribution in [0.4, 0.5) is 11.6 Å². The number of pyridine rings is 1. The fourth-order valence-corrected chi connectivity index (χ4v) is 1.34. The van der Waals surface area contributed by atoms with Gasteiger partial charge in [-0.1, -0.05) is 6.07 Å². The molecule has 0 atom stereocenters. The molecule has 0 radical (unpaired) electrons. The lowest BCUT2D eigenvalue weighted by Gasteiger charge is -2.18. The Hall–Kier alpha value is -1.29. The Morgan fingerprint density at radius 2 is 2.27 bits per heavy atom. The van der Waals surface area contributed by atoms with Gasteiger partial charge in [0.1, 0.15) is 11.6 Å². The average Bonchev–Trinajstić information content (AvgIpc) is 2.29. The van der Waals surface area contributed by atoms with Crippen LogP contribution in [0, 0.1) is 0 Å². The van der Waals surface area contributed by atoms with Gasteiger partial charge in [-0.25, -0.2) is 4.98 Å². The zero-order valence-electron chi connectivity index (χ0n) is 9.66. The highest BCUT2D eigenvalue weighted by Gasteiger charge is 2.02. The van der Waals surface area contributed by atoms with E-state index in [0.717, 1.165) is 31.2 Å². The number of ether oxygens (including phenoxy) is 1. The summed E-state index contributed by atoms with van der Waals surface area (Å²) >= 11 is 0. The van der Waals surface area contributed by atoms with E-state index >= 15 is 0 Å². The third-order valence-corrected chi connectivity index (χ3v) is 2.22. The van der Waals surface area contributed by atoms with Crippen LogP contribution in [0.25, 0.3) is 0 Å². The van der Waals surface area contributed by atoms with Gasteiger partial charge in [0.15, 0.2) is 0 Å². The van der Waals surface area contributed by atoms with Crippen molar-refractivity contribution in [1.29, 1.82) is 0 Å². The third kappa shape index (κ3) is 3.75. The molecule has 1 aromatic rings. The molecule has 4 nitrogen and oxygen atoms in total. The predicted octanol–water partition coefficient (Wildman–Crippen LogP) is 1.60. The maximum atomic E-state index is 5.01. The minimum absolute atomic E-state index is 0.788. The van der Waals surface area contributed by atoms with Gasteiger partial charge in [-0.05, 0) is 18.6 Å². The number of anilines is 2. The summed E-state index contributed by atoms with van der Waals surface area (Å²) in [6.45, 7) is 1.74. The van der Waals surface area contributed by atoms with E-state index in [1.165, 1.54) is 0 Å². The van der Waals surface area contributed by atoms with Gasteiger partial charge in [-0.2, -0.15) is 0 Å². The van der Waals surface area contributed by atoms with Crippen LogP contribution in [0.1, 0.15) is 6.42 Å². The van der Waals surface area contributed by atoms with Crippen LogP contribution in [-0.2, 0) is 4.74 Å². The van der Waals surface area contributed by atoms with Crippen molar-refractivity contribution in [3.8, 4) is 0 Å². The van der Waals surface area contributed by atoms with Crippen molar-refractivity contribution in [1.82, 2.24) is 4.98 Å². The molecule has 1 aromatic heterocycles. The normalized spacial score (nSPS) is 10.1. The van der Waals surface area contributed by atoms with Gasteiger partial charge >= 0.3 is 0 Å².